The first-order valence-electron chi connectivity index (χ1n) is 7.20. The molecule has 2 aromatic rings. The molecule has 3 rings (SSSR count). The van der Waals surface area contributed by atoms with Crippen molar-refractivity contribution in [3.63, 3.8) is 0 Å². The van der Waals surface area contributed by atoms with E-state index in [0.717, 1.165) is 30.6 Å². The monoisotopic (exact) mass is 321 g/mol. The molecule has 0 aliphatic carbocycles. The number of hydrogen-bond donors (Lipinski definition) is 1. The molecule has 1 amide bonds. The molecule has 0 radical (unpaired) electrons. The van der Waals surface area contributed by atoms with Gasteiger partial charge in [0.15, 0.2) is 5.76 Å². The lowest BCUT2D eigenvalue weighted by atomic mass is 9.93. The van der Waals surface area contributed by atoms with Gasteiger partial charge in [0.1, 0.15) is 0 Å². The Labute approximate surface area is 136 Å². The van der Waals surface area contributed by atoms with Crippen LogP contribution in [0, 0.1) is 0 Å². The number of amides is 1. The summed E-state index contributed by atoms with van der Waals surface area (Å²) in [6.07, 6.45) is 2.67. The molecule has 1 N–H and O–H groups in total. The van der Waals surface area contributed by atoms with E-state index >= 15 is 0 Å². The van der Waals surface area contributed by atoms with Crippen molar-refractivity contribution < 1.29 is 9.32 Å². The molecule has 0 spiro atoms. The summed E-state index contributed by atoms with van der Waals surface area (Å²) in [6.45, 7) is 2.38. The third-order valence-electron chi connectivity index (χ3n) is 3.92. The highest BCUT2D eigenvalue weighted by molar-refractivity contribution is 5.95. The van der Waals surface area contributed by atoms with Crippen LogP contribution in [-0.2, 0) is 6.54 Å². The zero-order chi connectivity index (χ0) is 14.7. The molecular weight excluding hydrogens is 302 g/mol. The topological polar surface area (TPSA) is 58.4 Å². The molecule has 0 bridgehead atoms. The maximum atomic E-state index is 12.7. The van der Waals surface area contributed by atoms with Gasteiger partial charge < -0.3 is 14.7 Å². The SMILES string of the molecule is CN(Cc1ccno1)C(=O)c1ccccc1C1CCNC1.Cl. The summed E-state index contributed by atoms with van der Waals surface area (Å²) < 4.78 is 5.07. The van der Waals surface area contributed by atoms with E-state index in [9.17, 15) is 4.79 Å². The van der Waals surface area contributed by atoms with Crippen molar-refractivity contribution >= 4 is 18.3 Å². The highest BCUT2D eigenvalue weighted by Crippen LogP contribution is 2.26. The van der Waals surface area contributed by atoms with E-state index < -0.39 is 0 Å². The Morgan fingerprint density at radius 2 is 2.23 bits per heavy atom. The summed E-state index contributed by atoms with van der Waals surface area (Å²) in [5.74, 6) is 1.13. The number of carbonyl (C=O) groups is 1. The van der Waals surface area contributed by atoms with E-state index in [4.69, 9.17) is 4.52 Å². The van der Waals surface area contributed by atoms with E-state index in [2.05, 4.69) is 16.5 Å². The molecule has 1 aromatic heterocycles. The Hall–Kier alpha value is -1.85. The lowest BCUT2D eigenvalue weighted by molar-refractivity contribution is 0.0770. The molecule has 1 unspecified atom stereocenters. The normalized spacial score (nSPS) is 17.0. The van der Waals surface area contributed by atoms with Crippen molar-refractivity contribution in [1.29, 1.82) is 0 Å². The lowest BCUT2D eigenvalue weighted by Gasteiger charge is -2.19. The summed E-state index contributed by atoms with van der Waals surface area (Å²) in [7, 11) is 1.79. The van der Waals surface area contributed by atoms with Gasteiger partial charge in [0, 0.05) is 25.2 Å². The van der Waals surface area contributed by atoms with Gasteiger partial charge in [0.05, 0.1) is 12.7 Å². The molecular formula is C16H20ClN3O2. The minimum atomic E-state index is 0. The predicted molar refractivity (Wildman–Crippen MR) is 86.2 cm³/mol. The van der Waals surface area contributed by atoms with Crippen molar-refractivity contribution in [3.05, 3.63) is 53.4 Å². The second kappa shape index (κ2) is 7.42. The van der Waals surface area contributed by atoms with Gasteiger partial charge in [-0.1, -0.05) is 23.4 Å². The number of aromatic nitrogens is 1. The summed E-state index contributed by atoms with van der Waals surface area (Å²) in [6, 6.07) is 9.67. The third-order valence-corrected chi connectivity index (χ3v) is 3.92. The maximum Gasteiger partial charge on any atom is 0.254 e. The van der Waals surface area contributed by atoms with Crippen LogP contribution >= 0.6 is 12.4 Å². The molecule has 22 heavy (non-hydrogen) atoms. The smallest absolute Gasteiger partial charge is 0.254 e. The Kier molecular flexibility index (Phi) is 5.57. The zero-order valence-electron chi connectivity index (χ0n) is 12.5. The largest absolute Gasteiger partial charge is 0.360 e. The van der Waals surface area contributed by atoms with Crippen LogP contribution in [0.2, 0.25) is 0 Å². The molecule has 2 heterocycles. The van der Waals surface area contributed by atoms with Crippen LogP contribution in [-0.4, -0.2) is 36.1 Å². The summed E-state index contributed by atoms with van der Waals surface area (Å²) >= 11 is 0. The number of nitrogens with one attached hydrogen (secondary N) is 1. The lowest BCUT2D eigenvalue weighted by Crippen LogP contribution is -2.27. The molecule has 1 aliphatic rings. The Bertz CT molecular complexity index is 610. The highest BCUT2D eigenvalue weighted by atomic mass is 35.5. The van der Waals surface area contributed by atoms with Gasteiger partial charge in [0.2, 0.25) is 0 Å². The van der Waals surface area contributed by atoms with E-state index in [1.165, 1.54) is 0 Å². The second-order valence-corrected chi connectivity index (χ2v) is 5.42. The summed E-state index contributed by atoms with van der Waals surface area (Å²) in [5.41, 5.74) is 1.92. The van der Waals surface area contributed by atoms with Gasteiger partial charge in [-0.05, 0) is 30.5 Å². The van der Waals surface area contributed by atoms with Crippen LogP contribution in [0.5, 0.6) is 0 Å². The molecule has 1 atom stereocenters. The quantitative estimate of drug-likeness (QED) is 0.939. The number of nitrogens with zero attached hydrogens (tertiary/aromatic N) is 2. The summed E-state index contributed by atoms with van der Waals surface area (Å²) in [5, 5.41) is 7.02. The first kappa shape index (κ1) is 16.5. The minimum absolute atomic E-state index is 0. The predicted octanol–water partition coefficient (Wildman–Crippen LogP) is 2.45. The Morgan fingerprint density at radius 3 is 2.91 bits per heavy atom. The van der Waals surface area contributed by atoms with Crippen molar-refractivity contribution in [2.24, 2.45) is 0 Å². The zero-order valence-corrected chi connectivity index (χ0v) is 13.3. The van der Waals surface area contributed by atoms with Crippen LogP contribution in [0.3, 0.4) is 0 Å². The number of carbonyl (C=O) groups excluding carboxylic acids is 1. The number of rotatable bonds is 4. The molecule has 118 valence electrons. The number of benzene rings is 1. The molecule has 1 fully saturated rings. The van der Waals surface area contributed by atoms with E-state index in [0.29, 0.717) is 18.2 Å². The fourth-order valence-corrected chi connectivity index (χ4v) is 2.80. The first-order chi connectivity index (χ1) is 10.3. The molecule has 6 heteroatoms. The molecule has 1 saturated heterocycles. The molecule has 1 aromatic carbocycles. The number of hydrogen-bond acceptors (Lipinski definition) is 4. The van der Waals surface area contributed by atoms with Gasteiger partial charge in [-0.2, -0.15) is 0 Å². The van der Waals surface area contributed by atoms with Crippen LogP contribution in [0.15, 0.2) is 41.1 Å². The van der Waals surface area contributed by atoms with Crippen molar-refractivity contribution in [2.75, 3.05) is 20.1 Å². The van der Waals surface area contributed by atoms with Gasteiger partial charge in [-0.15, -0.1) is 12.4 Å². The molecule has 5 nitrogen and oxygen atoms in total. The van der Waals surface area contributed by atoms with Gasteiger partial charge in [0.25, 0.3) is 5.91 Å². The van der Waals surface area contributed by atoms with Gasteiger partial charge >= 0.3 is 0 Å². The number of halogens is 1. The first-order valence-corrected chi connectivity index (χ1v) is 7.20. The average molecular weight is 322 g/mol. The fourth-order valence-electron chi connectivity index (χ4n) is 2.80. The molecule has 0 saturated carbocycles. The second-order valence-electron chi connectivity index (χ2n) is 5.42. The fraction of sp³-hybridized carbons (Fsp3) is 0.375. The standard InChI is InChI=1S/C16H19N3O2.ClH/c1-19(11-13-7-9-18-21-13)16(20)15-5-3-2-4-14(15)12-6-8-17-10-12;/h2-5,7,9,12,17H,6,8,10-11H2,1H3;1H. The van der Waals surface area contributed by atoms with E-state index in [-0.39, 0.29) is 18.3 Å². The van der Waals surface area contributed by atoms with Gasteiger partial charge in [-0.3, -0.25) is 4.79 Å². The maximum absolute atomic E-state index is 12.7. The van der Waals surface area contributed by atoms with Crippen molar-refractivity contribution in [1.82, 2.24) is 15.4 Å². The minimum Gasteiger partial charge on any atom is -0.360 e. The van der Waals surface area contributed by atoms with Crippen molar-refractivity contribution in [2.45, 2.75) is 18.9 Å². The van der Waals surface area contributed by atoms with E-state index in [1.807, 2.05) is 18.2 Å². The van der Waals surface area contributed by atoms with Gasteiger partial charge in [-0.25, -0.2) is 0 Å². The summed E-state index contributed by atoms with van der Waals surface area (Å²) in [4.78, 5) is 14.4. The average Bonchev–Trinajstić information content (AvgIpc) is 3.19. The van der Waals surface area contributed by atoms with Crippen molar-refractivity contribution in [3.8, 4) is 0 Å². The van der Waals surface area contributed by atoms with Crippen LogP contribution in [0.4, 0.5) is 0 Å². The highest BCUT2D eigenvalue weighted by Gasteiger charge is 2.23. The molecule has 1 aliphatic heterocycles. The third kappa shape index (κ3) is 3.48. The Balaban J connectivity index is 0.00000176. The van der Waals surface area contributed by atoms with Crippen LogP contribution in [0.25, 0.3) is 0 Å². The van der Waals surface area contributed by atoms with Crippen LogP contribution in [0.1, 0.15) is 34.0 Å². The van der Waals surface area contributed by atoms with Crippen LogP contribution < -0.4 is 5.32 Å². The Morgan fingerprint density at radius 1 is 1.41 bits per heavy atom. The van der Waals surface area contributed by atoms with E-state index in [1.54, 1.807) is 24.2 Å².